The lowest BCUT2D eigenvalue weighted by molar-refractivity contribution is 0.733. The van der Waals surface area contributed by atoms with Crippen LogP contribution in [0.3, 0.4) is 0 Å². The maximum absolute atomic E-state index is 4.20. The Hall–Kier alpha value is -3.46. The molecular weight excluding hydrogens is 354 g/mol. The smallest absolute Gasteiger partial charge is 0.0522 e. The summed E-state index contributed by atoms with van der Waals surface area (Å²) in [4.78, 5) is 2.48. The van der Waals surface area contributed by atoms with E-state index in [1.807, 2.05) is 18.2 Å². The van der Waals surface area contributed by atoms with Crippen LogP contribution in [0.25, 0.3) is 16.6 Å². The first-order valence-corrected chi connectivity index (χ1v) is 10.1. The second-order valence-corrected chi connectivity index (χ2v) is 7.86. The summed E-state index contributed by atoms with van der Waals surface area (Å²) in [5.74, 6) is 0. The lowest BCUT2D eigenvalue weighted by Crippen LogP contribution is -2.18. The second kappa shape index (κ2) is 6.85. The maximum Gasteiger partial charge on any atom is 0.0522 e. The number of aromatic nitrogens is 1. The fourth-order valence-electron chi connectivity index (χ4n) is 4.32. The van der Waals surface area contributed by atoms with Crippen LogP contribution in [-0.4, -0.2) is 4.57 Å². The molecule has 1 aliphatic rings. The van der Waals surface area contributed by atoms with Crippen LogP contribution < -0.4 is 10.2 Å². The van der Waals surface area contributed by atoms with Gasteiger partial charge in [-0.1, -0.05) is 49.0 Å². The van der Waals surface area contributed by atoms with Crippen LogP contribution in [0, 0.1) is 0 Å². The number of anilines is 2. The van der Waals surface area contributed by atoms with Crippen molar-refractivity contribution in [3.63, 3.8) is 0 Å². The lowest BCUT2D eigenvalue weighted by atomic mass is 10.0. The highest BCUT2D eigenvalue weighted by Crippen LogP contribution is 2.39. The maximum atomic E-state index is 4.20. The average Bonchev–Trinajstić information content (AvgIpc) is 3.28. The minimum atomic E-state index is 0.328. The zero-order valence-electron chi connectivity index (χ0n) is 16.9. The molecule has 144 valence electrons. The molecule has 0 fully saturated rings. The summed E-state index contributed by atoms with van der Waals surface area (Å²) >= 11 is 0. The van der Waals surface area contributed by atoms with Crippen LogP contribution in [0.2, 0.25) is 0 Å². The first-order chi connectivity index (χ1) is 14.1. The largest absolute Gasteiger partial charge is 0.360 e. The third-order valence-corrected chi connectivity index (χ3v) is 6.02. The van der Waals surface area contributed by atoms with Gasteiger partial charge in [0.15, 0.2) is 0 Å². The van der Waals surface area contributed by atoms with Gasteiger partial charge in [-0.25, -0.2) is 0 Å². The molecule has 0 spiro atoms. The van der Waals surface area contributed by atoms with E-state index in [0.717, 1.165) is 23.5 Å². The summed E-state index contributed by atoms with van der Waals surface area (Å²) in [5.41, 5.74) is 8.42. The molecule has 1 aliphatic heterocycles. The van der Waals surface area contributed by atoms with Crippen LogP contribution in [0.5, 0.6) is 0 Å². The summed E-state index contributed by atoms with van der Waals surface area (Å²) in [5, 5.41) is 4.76. The number of hydrogen-bond acceptors (Lipinski definition) is 2. The average molecular weight is 380 g/mol. The van der Waals surface area contributed by atoms with Gasteiger partial charge in [-0.05, 0) is 59.3 Å². The minimum Gasteiger partial charge on any atom is -0.360 e. The molecule has 5 rings (SSSR count). The van der Waals surface area contributed by atoms with E-state index in [9.17, 15) is 0 Å². The van der Waals surface area contributed by atoms with Crippen molar-refractivity contribution in [2.45, 2.75) is 19.5 Å². The third-order valence-electron chi connectivity index (χ3n) is 6.02. The highest BCUT2D eigenvalue weighted by atomic mass is 15.2. The van der Waals surface area contributed by atoms with E-state index in [1.165, 1.54) is 27.7 Å². The van der Waals surface area contributed by atoms with Gasteiger partial charge in [0.1, 0.15) is 0 Å². The Morgan fingerprint density at radius 3 is 2.66 bits per heavy atom. The quantitative estimate of drug-likeness (QED) is 0.446. The molecule has 0 amide bonds. The summed E-state index contributed by atoms with van der Waals surface area (Å²) in [6.45, 7) is 7.43. The molecule has 3 heteroatoms. The van der Waals surface area contributed by atoms with E-state index >= 15 is 0 Å². The summed E-state index contributed by atoms with van der Waals surface area (Å²) < 4.78 is 2.18. The van der Waals surface area contributed by atoms with E-state index in [1.54, 1.807) is 0 Å². The number of hydrogen-bond donors (Lipinski definition) is 1. The summed E-state index contributed by atoms with van der Waals surface area (Å²) in [6.07, 6.45) is 2.12. The SMILES string of the molecule is C=C(Nc1ccc2c(c1)C(C)N(c1ccc3ccn(C)c3c1)C2)c1ccccc1. The van der Waals surface area contributed by atoms with Gasteiger partial charge in [0.05, 0.1) is 6.04 Å². The summed E-state index contributed by atoms with van der Waals surface area (Å²) in [7, 11) is 2.10. The molecule has 1 atom stereocenters. The number of rotatable bonds is 4. The van der Waals surface area contributed by atoms with Crippen LogP contribution in [0.1, 0.15) is 29.7 Å². The first kappa shape index (κ1) is 17.6. The Balaban J connectivity index is 1.41. The van der Waals surface area contributed by atoms with Gasteiger partial charge < -0.3 is 14.8 Å². The summed E-state index contributed by atoms with van der Waals surface area (Å²) in [6, 6.07) is 26.2. The van der Waals surface area contributed by atoms with Crippen molar-refractivity contribution < 1.29 is 0 Å². The standard InChI is InChI=1S/C26H25N3/c1-18(20-7-5-4-6-8-20)27-23-11-9-22-17-29(19(2)25(22)15-23)24-12-10-21-13-14-28(3)26(21)16-24/h4-16,19,27H,1,17H2,2-3H3. The predicted molar refractivity (Wildman–Crippen MR) is 123 cm³/mol. The molecule has 4 aromatic rings. The normalized spacial score (nSPS) is 15.5. The van der Waals surface area contributed by atoms with Crippen molar-refractivity contribution in [3.8, 4) is 0 Å². The Morgan fingerprint density at radius 1 is 1.00 bits per heavy atom. The zero-order valence-corrected chi connectivity index (χ0v) is 16.9. The number of benzene rings is 3. The van der Waals surface area contributed by atoms with Gasteiger partial charge in [-0.3, -0.25) is 0 Å². The molecule has 3 aromatic carbocycles. The van der Waals surface area contributed by atoms with E-state index in [-0.39, 0.29) is 0 Å². The van der Waals surface area contributed by atoms with Gasteiger partial charge in [0, 0.05) is 42.4 Å². The third kappa shape index (κ3) is 3.09. The number of fused-ring (bicyclic) bond motifs is 2. The Kier molecular flexibility index (Phi) is 4.17. The van der Waals surface area contributed by atoms with Gasteiger partial charge >= 0.3 is 0 Å². The number of aryl methyl sites for hydroxylation is 1. The van der Waals surface area contributed by atoms with Crippen LogP contribution in [0.15, 0.2) is 85.6 Å². The molecular formula is C26H25N3. The molecule has 2 heterocycles. The molecule has 1 aromatic heterocycles. The zero-order chi connectivity index (χ0) is 20.0. The van der Waals surface area contributed by atoms with Gasteiger partial charge in [-0.2, -0.15) is 0 Å². The number of nitrogens with one attached hydrogen (secondary N) is 1. The van der Waals surface area contributed by atoms with Crippen LogP contribution in [0.4, 0.5) is 11.4 Å². The van der Waals surface area contributed by atoms with Gasteiger partial charge in [0.25, 0.3) is 0 Å². The van der Waals surface area contributed by atoms with E-state index < -0.39 is 0 Å². The molecule has 1 N–H and O–H groups in total. The molecule has 29 heavy (non-hydrogen) atoms. The molecule has 0 saturated heterocycles. The van der Waals surface area contributed by atoms with Gasteiger partial charge in [-0.15, -0.1) is 0 Å². The monoisotopic (exact) mass is 379 g/mol. The van der Waals surface area contributed by atoms with Crippen molar-refractivity contribution >= 4 is 28.0 Å². The molecule has 0 bridgehead atoms. The van der Waals surface area contributed by atoms with Crippen molar-refractivity contribution in [3.05, 3.63) is 102 Å². The Bertz CT molecular complexity index is 1200. The molecule has 0 aliphatic carbocycles. The fourth-order valence-corrected chi connectivity index (χ4v) is 4.32. The van der Waals surface area contributed by atoms with Gasteiger partial charge in [0.2, 0.25) is 0 Å². The Morgan fingerprint density at radius 2 is 1.83 bits per heavy atom. The minimum absolute atomic E-state index is 0.328. The van der Waals surface area contributed by atoms with Crippen molar-refractivity contribution in [2.24, 2.45) is 7.05 Å². The first-order valence-electron chi connectivity index (χ1n) is 10.1. The molecule has 0 saturated carbocycles. The van der Waals surface area contributed by atoms with E-state index in [2.05, 4.69) is 96.1 Å². The molecule has 3 nitrogen and oxygen atoms in total. The van der Waals surface area contributed by atoms with Crippen molar-refractivity contribution in [2.75, 3.05) is 10.2 Å². The highest BCUT2D eigenvalue weighted by molar-refractivity contribution is 5.84. The van der Waals surface area contributed by atoms with E-state index in [0.29, 0.717) is 6.04 Å². The highest BCUT2D eigenvalue weighted by Gasteiger charge is 2.27. The van der Waals surface area contributed by atoms with Crippen LogP contribution >= 0.6 is 0 Å². The molecule has 1 unspecified atom stereocenters. The Labute approximate surface area is 171 Å². The van der Waals surface area contributed by atoms with E-state index in [4.69, 9.17) is 0 Å². The van der Waals surface area contributed by atoms with Crippen LogP contribution in [-0.2, 0) is 13.6 Å². The number of nitrogens with zero attached hydrogens (tertiary/aromatic N) is 2. The van der Waals surface area contributed by atoms with Crippen molar-refractivity contribution in [1.82, 2.24) is 4.57 Å². The lowest BCUT2D eigenvalue weighted by Gasteiger charge is -2.24. The fraction of sp³-hybridized carbons (Fsp3) is 0.154. The molecule has 0 radical (unpaired) electrons. The predicted octanol–water partition coefficient (Wildman–Crippen LogP) is 6.34. The second-order valence-electron chi connectivity index (χ2n) is 7.86. The van der Waals surface area contributed by atoms with Crippen molar-refractivity contribution in [1.29, 1.82) is 0 Å². The topological polar surface area (TPSA) is 20.2 Å².